The minimum absolute atomic E-state index is 0.0279. The summed E-state index contributed by atoms with van der Waals surface area (Å²) in [6, 6.07) is 10.1. The van der Waals surface area contributed by atoms with Gasteiger partial charge >= 0.3 is 0 Å². The maximum atomic E-state index is 12.7. The molecule has 2 aromatic heterocycles. The van der Waals surface area contributed by atoms with Gasteiger partial charge in [0.25, 0.3) is 5.91 Å². The van der Waals surface area contributed by atoms with Crippen molar-refractivity contribution in [2.45, 2.75) is 33.7 Å². The number of carbonyl (C=O) groups is 1. The summed E-state index contributed by atoms with van der Waals surface area (Å²) in [5.41, 5.74) is 5.04. The van der Waals surface area contributed by atoms with Crippen LogP contribution < -0.4 is 0 Å². The van der Waals surface area contributed by atoms with Crippen LogP contribution in [0.1, 0.15) is 28.7 Å². The summed E-state index contributed by atoms with van der Waals surface area (Å²) in [4.78, 5) is 12.7. The SMILES string of the molecule is C=C(C)Cc1c(C)nn(C(=O)Cn2ccc3ccccc32)c1C. The molecule has 0 fully saturated rings. The Bertz CT molecular complexity index is 899. The van der Waals surface area contributed by atoms with Gasteiger partial charge in [-0.05, 0) is 44.7 Å². The number of hydrogen-bond donors (Lipinski definition) is 0. The highest BCUT2D eigenvalue weighted by Gasteiger charge is 2.17. The van der Waals surface area contributed by atoms with Crippen molar-refractivity contribution < 1.29 is 4.79 Å². The first-order chi connectivity index (χ1) is 11.0. The number of carbonyl (C=O) groups excluding carboxylic acids is 1. The molecule has 0 saturated heterocycles. The summed E-state index contributed by atoms with van der Waals surface area (Å²) in [5, 5.41) is 5.57. The first kappa shape index (κ1) is 15.3. The van der Waals surface area contributed by atoms with Crippen LogP contribution in [0.3, 0.4) is 0 Å². The van der Waals surface area contributed by atoms with Crippen molar-refractivity contribution in [1.82, 2.24) is 14.3 Å². The van der Waals surface area contributed by atoms with E-state index in [0.717, 1.165) is 39.8 Å². The zero-order valence-electron chi connectivity index (χ0n) is 13.8. The van der Waals surface area contributed by atoms with E-state index in [9.17, 15) is 4.79 Å². The van der Waals surface area contributed by atoms with E-state index < -0.39 is 0 Å². The van der Waals surface area contributed by atoms with Gasteiger partial charge in [-0.1, -0.05) is 30.4 Å². The molecule has 4 nitrogen and oxygen atoms in total. The summed E-state index contributed by atoms with van der Waals surface area (Å²) in [5.74, 6) is -0.0279. The Balaban J connectivity index is 1.91. The van der Waals surface area contributed by atoms with Crippen LogP contribution in [-0.2, 0) is 13.0 Å². The van der Waals surface area contributed by atoms with E-state index in [1.165, 1.54) is 4.68 Å². The van der Waals surface area contributed by atoms with Gasteiger partial charge in [0.15, 0.2) is 0 Å². The molecular formula is C19H21N3O. The Morgan fingerprint density at radius 3 is 2.70 bits per heavy atom. The van der Waals surface area contributed by atoms with Gasteiger partial charge < -0.3 is 4.57 Å². The lowest BCUT2D eigenvalue weighted by atomic mass is 10.1. The fourth-order valence-electron chi connectivity index (χ4n) is 2.97. The Morgan fingerprint density at radius 1 is 1.22 bits per heavy atom. The molecule has 1 aromatic carbocycles. The van der Waals surface area contributed by atoms with Crippen molar-refractivity contribution in [1.29, 1.82) is 0 Å². The van der Waals surface area contributed by atoms with Gasteiger partial charge in [0.05, 0.1) is 5.69 Å². The molecule has 0 unspecified atom stereocenters. The molecule has 0 radical (unpaired) electrons. The van der Waals surface area contributed by atoms with Crippen molar-refractivity contribution in [3.8, 4) is 0 Å². The molecule has 0 amide bonds. The number of benzene rings is 1. The highest BCUT2D eigenvalue weighted by atomic mass is 16.2. The van der Waals surface area contributed by atoms with E-state index in [1.54, 1.807) is 0 Å². The lowest BCUT2D eigenvalue weighted by Crippen LogP contribution is -2.20. The number of fused-ring (bicyclic) bond motifs is 1. The van der Waals surface area contributed by atoms with Crippen molar-refractivity contribution >= 4 is 16.8 Å². The smallest absolute Gasteiger partial charge is 0.267 e. The highest BCUT2D eigenvalue weighted by Crippen LogP contribution is 2.18. The molecule has 23 heavy (non-hydrogen) atoms. The van der Waals surface area contributed by atoms with Gasteiger partial charge in [0, 0.05) is 23.0 Å². The van der Waals surface area contributed by atoms with Gasteiger partial charge in [-0.2, -0.15) is 5.10 Å². The van der Waals surface area contributed by atoms with Gasteiger partial charge in [-0.15, -0.1) is 0 Å². The van der Waals surface area contributed by atoms with Crippen LogP contribution in [0.25, 0.3) is 10.9 Å². The molecule has 2 heterocycles. The minimum atomic E-state index is -0.0279. The third-order valence-electron chi connectivity index (χ3n) is 4.14. The topological polar surface area (TPSA) is 39.8 Å². The van der Waals surface area contributed by atoms with E-state index in [0.29, 0.717) is 0 Å². The third-order valence-corrected chi connectivity index (χ3v) is 4.14. The number of rotatable bonds is 4. The second-order valence-electron chi connectivity index (χ2n) is 6.09. The molecular weight excluding hydrogens is 286 g/mol. The second-order valence-corrected chi connectivity index (χ2v) is 6.09. The normalized spacial score (nSPS) is 11.1. The van der Waals surface area contributed by atoms with E-state index in [1.807, 2.05) is 61.9 Å². The summed E-state index contributed by atoms with van der Waals surface area (Å²) < 4.78 is 3.49. The predicted molar refractivity (Wildman–Crippen MR) is 92.8 cm³/mol. The molecule has 3 aromatic rings. The maximum absolute atomic E-state index is 12.7. The largest absolute Gasteiger partial charge is 0.338 e. The molecule has 118 valence electrons. The molecule has 0 aliphatic rings. The van der Waals surface area contributed by atoms with Crippen molar-refractivity contribution in [3.63, 3.8) is 0 Å². The zero-order valence-corrected chi connectivity index (χ0v) is 13.8. The quantitative estimate of drug-likeness (QED) is 0.686. The van der Waals surface area contributed by atoms with E-state index >= 15 is 0 Å². The van der Waals surface area contributed by atoms with E-state index in [2.05, 4.69) is 11.7 Å². The number of para-hydroxylation sites is 1. The monoisotopic (exact) mass is 307 g/mol. The van der Waals surface area contributed by atoms with Crippen LogP contribution in [-0.4, -0.2) is 20.3 Å². The lowest BCUT2D eigenvalue weighted by Gasteiger charge is -2.07. The first-order valence-corrected chi connectivity index (χ1v) is 7.74. The number of allylic oxidation sites excluding steroid dienone is 1. The molecule has 0 aliphatic carbocycles. The highest BCUT2D eigenvalue weighted by molar-refractivity contribution is 5.84. The van der Waals surface area contributed by atoms with Crippen molar-refractivity contribution in [3.05, 3.63) is 65.6 Å². The Kier molecular flexibility index (Phi) is 3.90. The maximum Gasteiger partial charge on any atom is 0.267 e. The van der Waals surface area contributed by atoms with Gasteiger partial charge in [0.2, 0.25) is 0 Å². The number of nitrogens with zero attached hydrogens (tertiary/aromatic N) is 3. The van der Waals surface area contributed by atoms with Crippen LogP contribution in [0.2, 0.25) is 0 Å². The summed E-state index contributed by atoms with van der Waals surface area (Å²) in [7, 11) is 0. The number of aromatic nitrogens is 3. The molecule has 3 rings (SSSR count). The van der Waals surface area contributed by atoms with E-state index in [4.69, 9.17) is 0 Å². The second kappa shape index (κ2) is 5.88. The number of hydrogen-bond acceptors (Lipinski definition) is 2. The fourth-order valence-corrected chi connectivity index (χ4v) is 2.97. The molecule has 0 atom stereocenters. The van der Waals surface area contributed by atoms with Gasteiger partial charge in [-0.3, -0.25) is 4.79 Å². The van der Waals surface area contributed by atoms with Crippen molar-refractivity contribution in [2.24, 2.45) is 0 Å². The molecule has 0 aliphatic heterocycles. The molecule has 4 heteroatoms. The Morgan fingerprint density at radius 2 is 1.96 bits per heavy atom. The van der Waals surface area contributed by atoms with Crippen LogP contribution in [0.4, 0.5) is 0 Å². The van der Waals surface area contributed by atoms with Crippen LogP contribution in [0, 0.1) is 13.8 Å². The fraction of sp³-hybridized carbons (Fsp3) is 0.263. The molecule has 0 spiro atoms. The molecule has 0 N–H and O–H groups in total. The average Bonchev–Trinajstić information content (AvgIpc) is 3.03. The van der Waals surface area contributed by atoms with E-state index in [-0.39, 0.29) is 12.5 Å². The molecule has 0 saturated carbocycles. The van der Waals surface area contributed by atoms with Crippen LogP contribution in [0.5, 0.6) is 0 Å². The Hall–Kier alpha value is -2.62. The predicted octanol–water partition coefficient (Wildman–Crippen LogP) is 3.91. The molecule has 0 bridgehead atoms. The first-order valence-electron chi connectivity index (χ1n) is 7.74. The minimum Gasteiger partial charge on any atom is -0.338 e. The van der Waals surface area contributed by atoms with Crippen LogP contribution >= 0.6 is 0 Å². The summed E-state index contributed by atoms with van der Waals surface area (Å²) in [6.45, 7) is 10.1. The Labute approximate surface area is 136 Å². The number of aryl methyl sites for hydroxylation is 1. The third kappa shape index (κ3) is 2.84. The summed E-state index contributed by atoms with van der Waals surface area (Å²) in [6.07, 6.45) is 2.71. The van der Waals surface area contributed by atoms with Gasteiger partial charge in [-0.25, -0.2) is 4.68 Å². The standard InChI is InChI=1S/C19H21N3O/c1-13(2)11-17-14(3)20-22(15(17)4)19(23)12-21-10-9-16-7-5-6-8-18(16)21/h5-10H,1,11-12H2,2-4H3. The summed E-state index contributed by atoms with van der Waals surface area (Å²) >= 11 is 0. The van der Waals surface area contributed by atoms with Crippen molar-refractivity contribution in [2.75, 3.05) is 0 Å². The van der Waals surface area contributed by atoms with Gasteiger partial charge in [0.1, 0.15) is 6.54 Å². The zero-order chi connectivity index (χ0) is 16.6. The lowest BCUT2D eigenvalue weighted by molar-refractivity contribution is 0.0874. The average molecular weight is 307 g/mol. The van der Waals surface area contributed by atoms with Crippen LogP contribution in [0.15, 0.2) is 48.7 Å².